The Morgan fingerprint density at radius 1 is 1.25 bits per heavy atom. The van der Waals surface area contributed by atoms with Crippen LogP contribution in [0.15, 0.2) is 18.2 Å². The van der Waals surface area contributed by atoms with Crippen molar-refractivity contribution in [3.8, 4) is 5.75 Å². The highest BCUT2D eigenvalue weighted by atomic mass is 32.2. The number of hydrogen-bond donors (Lipinski definition) is 2. The highest BCUT2D eigenvalue weighted by molar-refractivity contribution is 7.92. The highest BCUT2D eigenvalue weighted by Crippen LogP contribution is 2.22. The summed E-state index contributed by atoms with van der Waals surface area (Å²) >= 11 is 0. The molecule has 6 heteroatoms. The molecule has 0 atom stereocenters. The molecule has 0 heterocycles. The standard InChI is InChI=1S/C14H24N2O3S/c1-4-15-9-5-6-10-20(17,18)16-14-8-7-13(19-3)11-12(14)2/h7-8,11,15-16H,4-6,9-10H2,1-3H3. The zero-order chi connectivity index (χ0) is 15.0. The smallest absolute Gasteiger partial charge is 0.232 e. The summed E-state index contributed by atoms with van der Waals surface area (Å²) in [7, 11) is -1.70. The average Bonchev–Trinajstić information content (AvgIpc) is 2.40. The van der Waals surface area contributed by atoms with E-state index in [1.165, 1.54) is 0 Å². The third-order valence-corrected chi connectivity index (χ3v) is 4.32. The first-order chi connectivity index (χ1) is 9.48. The molecule has 0 spiro atoms. The summed E-state index contributed by atoms with van der Waals surface area (Å²) in [4.78, 5) is 0. The summed E-state index contributed by atoms with van der Waals surface area (Å²) in [5, 5.41) is 3.18. The number of sulfonamides is 1. The van der Waals surface area contributed by atoms with Gasteiger partial charge >= 0.3 is 0 Å². The zero-order valence-electron chi connectivity index (χ0n) is 12.4. The normalized spacial score (nSPS) is 11.3. The van der Waals surface area contributed by atoms with E-state index >= 15 is 0 Å². The predicted molar refractivity (Wildman–Crippen MR) is 82.9 cm³/mol. The van der Waals surface area contributed by atoms with Crippen LogP contribution in [-0.2, 0) is 10.0 Å². The molecule has 114 valence electrons. The fraction of sp³-hybridized carbons (Fsp3) is 0.571. The molecule has 20 heavy (non-hydrogen) atoms. The third-order valence-electron chi connectivity index (χ3n) is 2.97. The van der Waals surface area contributed by atoms with Crippen LogP contribution in [0.5, 0.6) is 5.75 Å². The average molecular weight is 300 g/mol. The summed E-state index contributed by atoms with van der Waals surface area (Å²) in [5.41, 5.74) is 1.46. The molecule has 0 saturated heterocycles. The Kier molecular flexibility index (Phi) is 6.81. The maximum atomic E-state index is 12.0. The molecule has 5 nitrogen and oxygen atoms in total. The van der Waals surface area contributed by atoms with Crippen molar-refractivity contribution in [3.63, 3.8) is 0 Å². The van der Waals surface area contributed by atoms with Crippen LogP contribution in [0.3, 0.4) is 0 Å². The molecule has 0 radical (unpaired) electrons. The van der Waals surface area contributed by atoms with Crippen LogP contribution in [0, 0.1) is 6.92 Å². The highest BCUT2D eigenvalue weighted by Gasteiger charge is 2.11. The minimum atomic E-state index is -3.28. The molecule has 0 saturated carbocycles. The Morgan fingerprint density at radius 3 is 2.60 bits per heavy atom. The van der Waals surface area contributed by atoms with Gasteiger partial charge in [0.2, 0.25) is 10.0 Å². The number of benzene rings is 1. The number of aryl methyl sites for hydroxylation is 1. The van der Waals surface area contributed by atoms with Crippen molar-refractivity contribution in [2.24, 2.45) is 0 Å². The van der Waals surface area contributed by atoms with E-state index in [1.807, 2.05) is 19.9 Å². The van der Waals surface area contributed by atoms with Crippen LogP contribution in [0.4, 0.5) is 5.69 Å². The summed E-state index contributed by atoms with van der Waals surface area (Å²) < 4.78 is 31.7. The van der Waals surface area contributed by atoms with Crippen LogP contribution in [0.2, 0.25) is 0 Å². The van der Waals surface area contributed by atoms with Gasteiger partial charge in [0, 0.05) is 0 Å². The number of ether oxygens (including phenoxy) is 1. The molecule has 1 rings (SSSR count). The summed E-state index contributed by atoms with van der Waals surface area (Å²) in [6.45, 7) is 5.65. The molecule has 1 aromatic rings. The lowest BCUT2D eigenvalue weighted by Crippen LogP contribution is -2.19. The second-order valence-electron chi connectivity index (χ2n) is 4.66. The van der Waals surface area contributed by atoms with E-state index in [-0.39, 0.29) is 5.75 Å². The van der Waals surface area contributed by atoms with E-state index < -0.39 is 10.0 Å². The lowest BCUT2D eigenvalue weighted by atomic mass is 10.2. The Morgan fingerprint density at radius 2 is 2.00 bits per heavy atom. The number of hydrogen-bond acceptors (Lipinski definition) is 4. The number of anilines is 1. The van der Waals surface area contributed by atoms with Crippen LogP contribution < -0.4 is 14.8 Å². The van der Waals surface area contributed by atoms with E-state index in [1.54, 1.807) is 19.2 Å². The lowest BCUT2D eigenvalue weighted by Gasteiger charge is -2.11. The van der Waals surface area contributed by atoms with Gasteiger partial charge in [-0.25, -0.2) is 8.42 Å². The molecule has 0 fully saturated rings. The summed E-state index contributed by atoms with van der Waals surface area (Å²) in [5.74, 6) is 0.861. The summed E-state index contributed by atoms with van der Waals surface area (Å²) in [6.07, 6.45) is 1.51. The first-order valence-electron chi connectivity index (χ1n) is 6.84. The molecule has 2 N–H and O–H groups in total. The van der Waals surface area contributed by atoms with Crippen molar-refractivity contribution < 1.29 is 13.2 Å². The largest absolute Gasteiger partial charge is 0.497 e. The van der Waals surface area contributed by atoms with Crippen molar-refractivity contribution in [2.45, 2.75) is 26.7 Å². The van der Waals surface area contributed by atoms with Crippen LogP contribution in [0.25, 0.3) is 0 Å². The molecule has 1 aromatic carbocycles. The Balaban J connectivity index is 2.53. The van der Waals surface area contributed by atoms with Gasteiger partial charge in [0.1, 0.15) is 5.75 Å². The van der Waals surface area contributed by atoms with E-state index in [0.29, 0.717) is 12.1 Å². The van der Waals surface area contributed by atoms with E-state index in [0.717, 1.165) is 30.8 Å². The maximum absolute atomic E-state index is 12.0. The van der Waals surface area contributed by atoms with Crippen LogP contribution in [0.1, 0.15) is 25.3 Å². The SMILES string of the molecule is CCNCCCCS(=O)(=O)Nc1ccc(OC)cc1C. The monoisotopic (exact) mass is 300 g/mol. The van der Waals surface area contributed by atoms with Crippen molar-refractivity contribution >= 4 is 15.7 Å². The topological polar surface area (TPSA) is 67.4 Å². The maximum Gasteiger partial charge on any atom is 0.232 e. The van der Waals surface area contributed by atoms with Gasteiger partial charge in [0.15, 0.2) is 0 Å². The second kappa shape index (κ2) is 8.11. The molecule has 0 amide bonds. The molecule has 0 aromatic heterocycles. The Labute approximate surface area is 121 Å². The first kappa shape index (κ1) is 16.8. The minimum absolute atomic E-state index is 0.143. The van der Waals surface area contributed by atoms with E-state index in [4.69, 9.17) is 4.74 Å². The zero-order valence-corrected chi connectivity index (χ0v) is 13.2. The van der Waals surface area contributed by atoms with Gasteiger partial charge in [-0.2, -0.15) is 0 Å². The van der Waals surface area contributed by atoms with Gasteiger partial charge in [-0.05, 0) is 56.6 Å². The Hall–Kier alpha value is -1.27. The molecule has 0 bridgehead atoms. The fourth-order valence-electron chi connectivity index (χ4n) is 1.82. The lowest BCUT2D eigenvalue weighted by molar-refractivity contribution is 0.414. The van der Waals surface area contributed by atoms with Gasteiger partial charge in [-0.15, -0.1) is 0 Å². The number of unbranched alkanes of at least 4 members (excludes halogenated alkanes) is 1. The third kappa shape index (κ3) is 5.79. The van der Waals surface area contributed by atoms with Crippen molar-refractivity contribution in [3.05, 3.63) is 23.8 Å². The minimum Gasteiger partial charge on any atom is -0.497 e. The molecule has 0 aliphatic heterocycles. The van der Waals surface area contributed by atoms with Crippen molar-refractivity contribution in [2.75, 3.05) is 30.7 Å². The predicted octanol–water partition coefficient (Wildman–Crippen LogP) is 2.14. The van der Waals surface area contributed by atoms with Crippen LogP contribution in [-0.4, -0.2) is 34.4 Å². The van der Waals surface area contributed by atoms with E-state index in [9.17, 15) is 8.42 Å². The molecule has 0 unspecified atom stereocenters. The molecule has 0 aliphatic rings. The van der Waals surface area contributed by atoms with Gasteiger partial charge in [0.05, 0.1) is 18.6 Å². The van der Waals surface area contributed by atoms with Gasteiger partial charge in [0.25, 0.3) is 0 Å². The fourth-order valence-corrected chi connectivity index (χ4v) is 3.07. The van der Waals surface area contributed by atoms with Crippen molar-refractivity contribution in [1.82, 2.24) is 5.32 Å². The molecule has 0 aliphatic carbocycles. The Bertz CT molecular complexity index is 515. The van der Waals surface area contributed by atoms with Crippen molar-refractivity contribution in [1.29, 1.82) is 0 Å². The number of rotatable bonds is 9. The first-order valence-corrected chi connectivity index (χ1v) is 8.49. The second-order valence-corrected chi connectivity index (χ2v) is 6.50. The number of methoxy groups -OCH3 is 1. The van der Waals surface area contributed by atoms with Crippen LogP contribution >= 0.6 is 0 Å². The molecular formula is C14H24N2O3S. The van der Waals surface area contributed by atoms with Gasteiger partial charge in [-0.3, -0.25) is 4.72 Å². The van der Waals surface area contributed by atoms with Gasteiger partial charge in [-0.1, -0.05) is 6.92 Å². The quantitative estimate of drug-likeness (QED) is 0.686. The number of nitrogens with one attached hydrogen (secondary N) is 2. The molecular weight excluding hydrogens is 276 g/mol. The summed E-state index contributed by atoms with van der Waals surface area (Å²) in [6, 6.07) is 5.28. The van der Waals surface area contributed by atoms with E-state index in [2.05, 4.69) is 10.0 Å². The van der Waals surface area contributed by atoms with Gasteiger partial charge < -0.3 is 10.1 Å².